The molecule has 0 unspecified atom stereocenters. The molecule has 0 amide bonds. The van der Waals surface area contributed by atoms with E-state index in [9.17, 15) is 4.79 Å². The van der Waals surface area contributed by atoms with Gasteiger partial charge in [-0.15, -0.1) is 5.10 Å². The number of ether oxygens (including phenoxy) is 1. The minimum absolute atomic E-state index is 0.0275. The van der Waals surface area contributed by atoms with Crippen LogP contribution in [0.2, 0.25) is 0 Å². The predicted octanol–water partition coefficient (Wildman–Crippen LogP) is 1.45. The number of rotatable bonds is 5. The van der Waals surface area contributed by atoms with Crippen LogP contribution in [0.15, 0.2) is 29.4 Å². The second-order valence-electron chi connectivity index (χ2n) is 3.97. The highest BCUT2D eigenvalue weighted by Crippen LogP contribution is 2.20. The van der Waals surface area contributed by atoms with Gasteiger partial charge in [-0.2, -0.15) is 0 Å². The summed E-state index contributed by atoms with van der Waals surface area (Å²) in [6.45, 7) is 2.08. The minimum atomic E-state index is -0.371. The molecule has 1 aromatic carbocycles. The van der Waals surface area contributed by atoms with E-state index in [0.29, 0.717) is 5.16 Å². The summed E-state index contributed by atoms with van der Waals surface area (Å²) < 4.78 is 6.03. The highest BCUT2D eigenvalue weighted by Gasteiger charge is 2.11. The molecule has 2 aromatic rings. The summed E-state index contributed by atoms with van der Waals surface area (Å²) in [6.07, 6.45) is 0. The van der Waals surface area contributed by atoms with Crippen molar-refractivity contribution in [1.29, 1.82) is 0 Å². The fourth-order valence-electron chi connectivity index (χ4n) is 1.42. The summed E-state index contributed by atoms with van der Waals surface area (Å²) in [5, 5.41) is 11.8. The summed E-state index contributed by atoms with van der Waals surface area (Å²) in [5.74, 6) is 0.381. The highest BCUT2D eigenvalue weighted by molar-refractivity contribution is 7.98. The number of nitrogens with zero attached hydrogens (tertiary/aromatic N) is 4. The third-order valence-electron chi connectivity index (χ3n) is 2.49. The maximum absolute atomic E-state index is 11.2. The molecular weight excluding hydrogens is 264 g/mol. The zero-order valence-corrected chi connectivity index (χ0v) is 11.6. The highest BCUT2D eigenvalue weighted by atomic mass is 32.2. The van der Waals surface area contributed by atoms with Crippen molar-refractivity contribution in [2.75, 3.05) is 7.11 Å². The molecule has 0 N–H and O–H groups in total. The second kappa shape index (κ2) is 6.33. The molecule has 0 bridgehead atoms. The average Bonchev–Trinajstić information content (AvgIpc) is 2.85. The molecule has 0 spiro atoms. The van der Waals surface area contributed by atoms with Crippen LogP contribution in [0.1, 0.15) is 11.1 Å². The van der Waals surface area contributed by atoms with Crippen LogP contribution >= 0.6 is 11.8 Å². The van der Waals surface area contributed by atoms with Gasteiger partial charge in [0.1, 0.15) is 6.54 Å². The average molecular weight is 278 g/mol. The Hall–Kier alpha value is -1.89. The normalized spacial score (nSPS) is 10.4. The van der Waals surface area contributed by atoms with Crippen molar-refractivity contribution in [2.45, 2.75) is 24.4 Å². The van der Waals surface area contributed by atoms with E-state index in [2.05, 4.69) is 44.5 Å². The smallest absolute Gasteiger partial charge is 0.327 e. The van der Waals surface area contributed by atoms with Crippen molar-refractivity contribution in [1.82, 2.24) is 20.2 Å². The van der Waals surface area contributed by atoms with Crippen LogP contribution in [0.5, 0.6) is 0 Å². The molecule has 7 heteroatoms. The van der Waals surface area contributed by atoms with E-state index in [1.807, 2.05) is 6.92 Å². The Bertz CT molecular complexity index is 553. The number of carbonyl (C=O) groups excluding carboxylic acids is 1. The Morgan fingerprint density at radius 3 is 2.79 bits per heavy atom. The fourth-order valence-corrected chi connectivity index (χ4v) is 2.25. The number of hydrogen-bond acceptors (Lipinski definition) is 6. The molecule has 1 aromatic heterocycles. The lowest BCUT2D eigenvalue weighted by molar-refractivity contribution is -0.141. The van der Waals surface area contributed by atoms with Gasteiger partial charge < -0.3 is 4.74 Å². The van der Waals surface area contributed by atoms with Crippen LogP contribution < -0.4 is 0 Å². The number of aryl methyl sites for hydroxylation is 1. The van der Waals surface area contributed by atoms with E-state index < -0.39 is 0 Å². The van der Waals surface area contributed by atoms with Crippen molar-refractivity contribution in [3.63, 3.8) is 0 Å². The third-order valence-corrected chi connectivity index (χ3v) is 3.52. The maximum Gasteiger partial charge on any atom is 0.327 e. The van der Waals surface area contributed by atoms with Crippen LogP contribution in [0.3, 0.4) is 0 Å². The minimum Gasteiger partial charge on any atom is -0.468 e. The Labute approximate surface area is 115 Å². The molecule has 1 heterocycles. The number of aromatic nitrogens is 4. The number of benzene rings is 1. The molecule has 0 saturated heterocycles. The van der Waals surface area contributed by atoms with Gasteiger partial charge in [-0.1, -0.05) is 41.6 Å². The molecule has 0 saturated carbocycles. The zero-order chi connectivity index (χ0) is 13.7. The first kappa shape index (κ1) is 13.5. The van der Waals surface area contributed by atoms with Crippen molar-refractivity contribution in [3.8, 4) is 0 Å². The molecule has 0 aliphatic carbocycles. The van der Waals surface area contributed by atoms with Crippen LogP contribution in [0.4, 0.5) is 0 Å². The molecule has 19 heavy (non-hydrogen) atoms. The van der Waals surface area contributed by atoms with Crippen LogP contribution in [-0.2, 0) is 21.8 Å². The monoisotopic (exact) mass is 278 g/mol. The molecule has 2 rings (SSSR count). The van der Waals surface area contributed by atoms with Crippen molar-refractivity contribution in [3.05, 3.63) is 35.4 Å². The number of hydrogen-bond donors (Lipinski definition) is 0. The first-order valence-corrected chi connectivity index (χ1v) is 6.69. The lowest BCUT2D eigenvalue weighted by Crippen LogP contribution is -2.13. The SMILES string of the molecule is COC(=O)Cn1nnnc1SCc1ccc(C)cc1. The van der Waals surface area contributed by atoms with Crippen LogP contribution in [0, 0.1) is 6.92 Å². The topological polar surface area (TPSA) is 69.9 Å². The Kier molecular flexibility index (Phi) is 4.51. The van der Waals surface area contributed by atoms with Gasteiger partial charge >= 0.3 is 5.97 Å². The Morgan fingerprint density at radius 2 is 2.11 bits per heavy atom. The summed E-state index contributed by atoms with van der Waals surface area (Å²) in [4.78, 5) is 11.2. The number of carbonyl (C=O) groups is 1. The van der Waals surface area contributed by atoms with E-state index >= 15 is 0 Å². The molecule has 100 valence electrons. The first-order chi connectivity index (χ1) is 9.19. The number of methoxy groups -OCH3 is 1. The lowest BCUT2D eigenvalue weighted by atomic mass is 10.2. The quantitative estimate of drug-likeness (QED) is 0.609. The van der Waals surface area contributed by atoms with Gasteiger partial charge in [0.15, 0.2) is 0 Å². The number of tetrazole rings is 1. The van der Waals surface area contributed by atoms with Gasteiger partial charge in [-0.05, 0) is 22.9 Å². The summed E-state index contributed by atoms with van der Waals surface area (Å²) in [6, 6.07) is 8.26. The molecule has 0 radical (unpaired) electrons. The van der Waals surface area contributed by atoms with E-state index in [4.69, 9.17) is 0 Å². The van der Waals surface area contributed by atoms with Crippen LogP contribution in [0.25, 0.3) is 0 Å². The number of esters is 1. The summed E-state index contributed by atoms with van der Waals surface area (Å²) in [5.41, 5.74) is 2.41. The molecule has 0 atom stereocenters. The van der Waals surface area contributed by atoms with Gasteiger partial charge in [0.2, 0.25) is 5.16 Å². The largest absolute Gasteiger partial charge is 0.468 e. The van der Waals surface area contributed by atoms with E-state index in [0.717, 1.165) is 5.75 Å². The fraction of sp³-hybridized carbons (Fsp3) is 0.333. The molecule has 6 nitrogen and oxygen atoms in total. The van der Waals surface area contributed by atoms with Crippen LogP contribution in [-0.4, -0.2) is 33.3 Å². The van der Waals surface area contributed by atoms with E-state index in [-0.39, 0.29) is 12.5 Å². The lowest BCUT2D eigenvalue weighted by Gasteiger charge is -2.03. The Morgan fingerprint density at radius 1 is 1.37 bits per heavy atom. The predicted molar refractivity (Wildman–Crippen MR) is 70.6 cm³/mol. The summed E-state index contributed by atoms with van der Waals surface area (Å²) >= 11 is 1.48. The molecule has 0 aliphatic heterocycles. The maximum atomic E-state index is 11.2. The molecule has 0 fully saturated rings. The second-order valence-corrected chi connectivity index (χ2v) is 4.91. The van der Waals surface area contributed by atoms with Gasteiger partial charge in [0.25, 0.3) is 0 Å². The van der Waals surface area contributed by atoms with Gasteiger partial charge in [0, 0.05) is 5.75 Å². The van der Waals surface area contributed by atoms with E-state index in [1.54, 1.807) is 0 Å². The first-order valence-electron chi connectivity index (χ1n) is 5.70. The summed E-state index contributed by atoms with van der Waals surface area (Å²) in [7, 11) is 1.34. The van der Waals surface area contributed by atoms with Gasteiger partial charge in [-0.3, -0.25) is 4.79 Å². The van der Waals surface area contributed by atoms with Gasteiger partial charge in [-0.25, -0.2) is 4.68 Å². The third kappa shape index (κ3) is 3.78. The van der Waals surface area contributed by atoms with Crippen molar-refractivity contribution < 1.29 is 9.53 Å². The molecule has 0 aliphatic rings. The molecular formula is C12H14N4O2S. The Balaban J connectivity index is 1.98. The van der Waals surface area contributed by atoms with E-state index in [1.165, 1.54) is 34.7 Å². The van der Waals surface area contributed by atoms with Crippen molar-refractivity contribution in [2.24, 2.45) is 0 Å². The van der Waals surface area contributed by atoms with Crippen molar-refractivity contribution >= 4 is 17.7 Å². The van der Waals surface area contributed by atoms with Gasteiger partial charge in [0.05, 0.1) is 7.11 Å². The zero-order valence-electron chi connectivity index (χ0n) is 10.7. The standard InChI is InChI=1S/C12H14N4O2S/c1-9-3-5-10(6-4-9)8-19-12-13-14-15-16(12)7-11(17)18-2/h3-6H,7-8H2,1-2H3. The number of thioether (sulfide) groups is 1.